The highest BCUT2D eigenvalue weighted by Gasteiger charge is 2.30. The molecule has 2 atom stereocenters. The summed E-state index contributed by atoms with van der Waals surface area (Å²) in [6.07, 6.45) is 2.96. The van der Waals surface area contributed by atoms with Gasteiger partial charge in [0.15, 0.2) is 0 Å². The van der Waals surface area contributed by atoms with Gasteiger partial charge in [0.2, 0.25) is 0 Å². The number of rotatable bonds is 8. The normalized spacial score (nSPS) is 15.1. The highest BCUT2D eigenvalue weighted by molar-refractivity contribution is 7.15. The maximum atomic E-state index is 13.3. The minimum absolute atomic E-state index is 0.0662. The number of thiophene rings is 1. The van der Waals surface area contributed by atoms with Crippen molar-refractivity contribution in [1.29, 1.82) is 5.26 Å². The fourth-order valence-corrected chi connectivity index (χ4v) is 5.30. The zero-order valence-electron chi connectivity index (χ0n) is 18.1. The Hall–Kier alpha value is -2.96. The first kappa shape index (κ1) is 21.3. The molecular formula is C28H27NOS. The number of nitrogens with zero attached hydrogens (tertiary/aromatic N) is 1. The van der Waals surface area contributed by atoms with Crippen LogP contribution in [0.2, 0.25) is 0 Å². The summed E-state index contributed by atoms with van der Waals surface area (Å²) in [6.45, 7) is 8.03. The molecule has 1 aliphatic carbocycles. The number of allylic oxidation sites excluding steroid dienone is 1. The Morgan fingerprint density at radius 1 is 1.16 bits per heavy atom. The van der Waals surface area contributed by atoms with Gasteiger partial charge in [-0.2, -0.15) is 5.26 Å². The van der Waals surface area contributed by atoms with Crippen molar-refractivity contribution in [2.45, 2.75) is 50.9 Å². The smallest absolute Gasteiger partial charge is 0.144 e. The second kappa shape index (κ2) is 9.04. The van der Waals surface area contributed by atoms with Gasteiger partial charge in [-0.1, -0.05) is 55.5 Å². The third-order valence-corrected chi connectivity index (χ3v) is 7.35. The van der Waals surface area contributed by atoms with Gasteiger partial charge in [0.1, 0.15) is 5.78 Å². The Kier molecular flexibility index (Phi) is 6.20. The van der Waals surface area contributed by atoms with E-state index in [1.165, 1.54) is 23.3 Å². The van der Waals surface area contributed by atoms with Crippen molar-refractivity contribution in [1.82, 2.24) is 0 Å². The van der Waals surface area contributed by atoms with Gasteiger partial charge in [0.05, 0.1) is 17.6 Å². The van der Waals surface area contributed by atoms with Gasteiger partial charge in [-0.05, 0) is 66.6 Å². The van der Waals surface area contributed by atoms with E-state index in [0.29, 0.717) is 17.9 Å². The number of ketones is 1. The van der Waals surface area contributed by atoms with Gasteiger partial charge in [-0.3, -0.25) is 4.79 Å². The molecule has 1 saturated carbocycles. The van der Waals surface area contributed by atoms with E-state index in [-0.39, 0.29) is 17.6 Å². The topological polar surface area (TPSA) is 40.9 Å². The fraction of sp³-hybridized carbons (Fsp3) is 0.286. The van der Waals surface area contributed by atoms with Gasteiger partial charge < -0.3 is 0 Å². The molecule has 0 spiro atoms. The molecule has 0 radical (unpaired) electrons. The number of hydrogen-bond donors (Lipinski definition) is 0. The summed E-state index contributed by atoms with van der Waals surface area (Å²) in [5, 5.41) is 9.20. The first-order valence-corrected chi connectivity index (χ1v) is 11.6. The van der Waals surface area contributed by atoms with Gasteiger partial charge in [0.25, 0.3) is 0 Å². The molecule has 4 rings (SSSR count). The number of benzene rings is 2. The second-order valence-electron chi connectivity index (χ2n) is 8.70. The van der Waals surface area contributed by atoms with Crippen LogP contribution in [0, 0.1) is 11.3 Å². The van der Waals surface area contributed by atoms with Gasteiger partial charge >= 0.3 is 0 Å². The van der Waals surface area contributed by atoms with E-state index in [0.717, 1.165) is 21.6 Å². The predicted octanol–water partition coefficient (Wildman–Crippen LogP) is 7.59. The molecule has 31 heavy (non-hydrogen) atoms. The summed E-state index contributed by atoms with van der Waals surface area (Å²) < 4.78 is 0. The molecule has 1 aromatic heterocycles. The van der Waals surface area contributed by atoms with Crippen LogP contribution in [0.3, 0.4) is 0 Å². The van der Waals surface area contributed by atoms with Crippen LogP contribution < -0.4 is 0 Å². The molecule has 2 nitrogen and oxygen atoms in total. The van der Waals surface area contributed by atoms with Crippen molar-refractivity contribution in [3.8, 4) is 16.5 Å². The Morgan fingerprint density at radius 2 is 1.90 bits per heavy atom. The lowest BCUT2D eigenvalue weighted by Crippen LogP contribution is -2.18. The van der Waals surface area contributed by atoms with Crippen molar-refractivity contribution >= 4 is 17.1 Å². The summed E-state index contributed by atoms with van der Waals surface area (Å²) in [6, 6.07) is 22.8. The van der Waals surface area contributed by atoms with Gasteiger partial charge in [0, 0.05) is 22.1 Å². The molecule has 0 unspecified atom stereocenters. The number of carbonyl (C=O) groups is 1. The lowest BCUT2D eigenvalue weighted by Gasteiger charge is -2.23. The van der Waals surface area contributed by atoms with Crippen LogP contribution in [0.5, 0.6) is 0 Å². The number of carbonyl (C=O) groups excluding carboxylic acids is 1. The van der Waals surface area contributed by atoms with E-state index < -0.39 is 0 Å². The zero-order chi connectivity index (χ0) is 22.0. The van der Waals surface area contributed by atoms with E-state index in [2.05, 4.69) is 56.0 Å². The van der Waals surface area contributed by atoms with E-state index in [9.17, 15) is 10.1 Å². The van der Waals surface area contributed by atoms with E-state index in [1.54, 1.807) is 11.3 Å². The Labute approximate surface area is 188 Å². The van der Waals surface area contributed by atoms with Crippen LogP contribution in [0.15, 0.2) is 72.8 Å². The highest BCUT2D eigenvalue weighted by Crippen LogP contribution is 2.43. The molecule has 1 fully saturated rings. The minimum Gasteiger partial charge on any atom is -0.299 e. The monoisotopic (exact) mass is 425 g/mol. The summed E-state index contributed by atoms with van der Waals surface area (Å²) >= 11 is 1.71. The number of hydrogen-bond acceptors (Lipinski definition) is 3. The van der Waals surface area contributed by atoms with Gasteiger partial charge in [-0.25, -0.2) is 0 Å². The molecule has 0 bridgehead atoms. The predicted molar refractivity (Wildman–Crippen MR) is 128 cm³/mol. The lowest BCUT2D eigenvalue weighted by molar-refractivity contribution is -0.120. The van der Waals surface area contributed by atoms with E-state index in [4.69, 9.17) is 0 Å². The average molecular weight is 426 g/mol. The third-order valence-electron chi connectivity index (χ3n) is 6.02. The second-order valence-corrected chi connectivity index (χ2v) is 9.82. The average Bonchev–Trinajstić information content (AvgIpc) is 3.49. The van der Waals surface area contributed by atoms with Crippen molar-refractivity contribution in [2.75, 3.05) is 0 Å². The van der Waals surface area contributed by atoms with Crippen molar-refractivity contribution in [3.05, 3.63) is 94.4 Å². The summed E-state index contributed by atoms with van der Waals surface area (Å²) in [7, 11) is 0. The summed E-state index contributed by atoms with van der Waals surface area (Å²) in [4.78, 5) is 15.6. The van der Waals surface area contributed by atoms with Crippen molar-refractivity contribution in [3.63, 3.8) is 0 Å². The lowest BCUT2D eigenvalue weighted by atomic mass is 9.81. The summed E-state index contributed by atoms with van der Waals surface area (Å²) in [5.74, 6) is 0.805. The van der Waals surface area contributed by atoms with Crippen LogP contribution in [0.25, 0.3) is 10.4 Å². The maximum Gasteiger partial charge on any atom is 0.144 e. The van der Waals surface area contributed by atoms with Crippen LogP contribution in [-0.4, -0.2) is 5.78 Å². The van der Waals surface area contributed by atoms with Crippen LogP contribution in [0.1, 0.15) is 72.4 Å². The molecule has 0 saturated heterocycles. The van der Waals surface area contributed by atoms with Gasteiger partial charge in [-0.15, -0.1) is 11.3 Å². The largest absolute Gasteiger partial charge is 0.299 e. The zero-order valence-corrected chi connectivity index (χ0v) is 18.9. The Morgan fingerprint density at radius 3 is 2.55 bits per heavy atom. The molecule has 0 N–H and O–H groups in total. The van der Waals surface area contributed by atoms with Crippen LogP contribution >= 0.6 is 11.3 Å². The number of Topliss-reactive ketones (excluding diaryl/α,β-unsaturated/α-hetero) is 1. The molecule has 0 aliphatic heterocycles. The maximum absolute atomic E-state index is 13.3. The highest BCUT2D eigenvalue weighted by atomic mass is 32.1. The molecule has 2 aromatic carbocycles. The van der Waals surface area contributed by atoms with E-state index in [1.807, 2.05) is 31.2 Å². The molecule has 0 amide bonds. The SMILES string of the molecule is C=C(C)CC(=O)[C@H](c1ccc(C2CC2)cc1)[C@@H](C)c1ccc(-c2cccc(C#N)c2)s1. The molecule has 156 valence electrons. The third kappa shape index (κ3) is 4.86. The first-order valence-electron chi connectivity index (χ1n) is 10.8. The fourth-order valence-electron chi connectivity index (χ4n) is 4.21. The Balaban J connectivity index is 1.64. The molecule has 1 heterocycles. The van der Waals surface area contributed by atoms with E-state index >= 15 is 0 Å². The van der Waals surface area contributed by atoms with Crippen LogP contribution in [0.4, 0.5) is 0 Å². The van der Waals surface area contributed by atoms with Crippen LogP contribution in [-0.2, 0) is 4.79 Å². The molecule has 3 heteroatoms. The molecular weight excluding hydrogens is 398 g/mol. The minimum atomic E-state index is -0.193. The number of nitriles is 1. The molecule has 3 aromatic rings. The quantitative estimate of drug-likeness (QED) is 0.349. The summed E-state index contributed by atoms with van der Waals surface area (Å²) in [5.41, 5.74) is 5.08. The van der Waals surface area contributed by atoms with Crippen molar-refractivity contribution in [2.24, 2.45) is 0 Å². The molecule has 1 aliphatic rings. The first-order chi connectivity index (χ1) is 15.0. The standard InChI is InChI=1S/C28H27NOS/c1-18(2)15-25(30)28(23-11-9-22(10-12-23)21-7-8-21)19(3)26-13-14-27(31-26)24-6-4-5-20(16-24)17-29/h4-6,9-14,16,19,21,28H,1,7-8,15H2,2-3H3/t19-,28-/m0/s1. The van der Waals surface area contributed by atoms with Crippen molar-refractivity contribution < 1.29 is 4.79 Å². The Bertz CT molecular complexity index is 1140.